The molecule has 0 bridgehead atoms. The van der Waals surface area contributed by atoms with Crippen molar-refractivity contribution in [2.45, 2.75) is 40.0 Å². The van der Waals surface area contributed by atoms with Crippen molar-refractivity contribution in [3.8, 4) is 0 Å². The minimum atomic E-state index is -0.189. The smallest absolute Gasteiger partial charge is 0.229 e. The fourth-order valence-electron chi connectivity index (χ4n) is 2.97. The summed E-state index contributed by atoms with van der Waals surface area (Å²) in [6, 6.07) is 3.73. The predicted molar refractivity (Wildman–Crippen MR) is 101 cm³/mol. The molecule has 0 saturated carbocycles. The third-order valence-corrected chi connectivity index (χ3v) is 5.21. The molecule has 1 aromatic rings. The summed E-state index contributed by atoms with van der Waals surface area (Å²) >= 11 is 3.43. The van der Waals surface area contributed by atoms with E-state index in [-0.39, 0.29) is 23.7 Å². The molecule has 24 heavy (non-hydrogen) atoms. The van der Waals surface area contributed by atoms with E-state index in [0.29, 0.717) is 17.9 Å². The van der Waals surface area contributed by atoms with Gasteiger partial charge in [0.25, 0.3) is 0 Å². The SMILES string of the molecule is CCC(C)C(=O)N1CCCC(C(=O)Nc2cc(Br)cc(C)c2N)C1. The lowest BCUT2D eigenvalue weighted by Crippen LogP contribution is -2.45. The molecule has 2 rings (SSSR count). The largest absolute Gasteiger partial charge is 0.397 e. The number of anilines is 2. The fourth-order valence-corrected chi connectivity index (χ4v) is 3.54. The molecular weight excluding hydrogens is 370 g/mol. The molecule has 2 amide bonds. The molecule has 1 fully saturated rings. The van der Waals surface area contributed by atoms with Crippen molar-refractivity contribution >= 4 is 39.1 Å². The highest BCUT2D eigenvalue weighted by molar-refractivity contribution is 9.10. The van der Waals surface area contributed by atoms with Gasteiger partial charge in [-0.1, -0.05) is 29.8 Å². The van der Waals surface area contributed by atoms with E-state index >= 15 is 0 Å². The number of nitrogens with two attached hydrogens (primary N) is 1. The summed E-state index contributed by atoms with van der Waals surface area (Å²) in [5.41, 5.74) is 8.18. The highest BCUT2D eigenvalue weighted by atomic mass is 79.9. The third kappa shape index (κ3) is 4.29. The fraction of sp³-hybridized carbons (Fsp3) is 0.556. The first-order valence-electron chi connectivity index (χ1n) is 8.48. The highest BCUT2D eigenvalue weighted by Crippen LogP contribution is 2.29. The van der Waals surface area contributed by atoms with E-state index in [1.807, 2.05) is 37.8 Å². The number of nitrogens with one attached hydrogen (secondary N) is 1. The molecule has 132 valence electrons. The number of benzene rings is 1. The number of nitrogen functional groups attached to an aromatic ring is 1. The quantitative estimate of drug-likeness (QED) is 0.765. The zero-order valence-electron chi connectivity index (χ0n) is 14.6. The van der Waals surface area contributed by atoms with Crippen LogP contribution in [0.4, 0.5) is 11.4 Å². The van der Waals surface area contributed by atoms with Gasteiger partial charge in [0, 0.05) is 23.5 Å². The number of hydrogen-bond acceptors (Lipinski definition) is 3. The number of carbonyl (C=O) groups excluding carboxylic acids is 2. The summed E-state index contributed by atoms with van der Waals surface area (Å²) in [4.78, 5) is 26.8. The van der Waals surface area contributed by atoms with Crippen LogP contribution in [0.5, 0.6) is 0 Å². The van der Waals surface area contributed by atoms with Crippen LogP contribution in [0.2, 0.25) is 0 Å². The van der Waals surface area contributed by atoms with Gasteiger partial charge in [-0.05, 0) is 43.9 Å². The van der Waals surface area contributed by atoms with Crippen molar-refractivity contribution in [1.82, 2.24) is 4.90 Å². The molecule has 0 radical (unpaired) electrons. The average molecular weight is 396 g/mol. The first-order valence-corrected chi connectivity index (χ1v) is 9.28. The van der Waals surface area contributed by atoms with E-state index in [0.717, 1.165) is 35.8 Å². The zero-order chi connectivity index (χ0) is 17.9. The maximum atomic E-state index is 12.6. The second-order valence-electron chi connectivity index (χ2n) is 6.61. The molecule has 1 heterocycles. The van der Waals surface area contributed by atoms with Crippen molar-refractivity contribution in [2.24, 2.45) is 11.8 Å². The van der Waals surface area contributed by atoms with Crippen molar-refractivity contribution in [3.63, 3.8) is 0 Å². The van der Waals surface area contributed by atoms with E-state index < -0.39 is 0 Å². The van der Waals surface area contributed by atoms with E-state index in [4.69, 9.17) is 5.73 Å². The molecule has 0 aromatic heterocycles. The molecule has 1 aromatic carbocycles. The van der Waals surface area contributed by atoms with Gasteiger partial charge in [-0.3, -0.25) is 9.59 Å². The van der Waals surface area contributed by atoms with Gasteiger partial charge in [0.05, 0.1) is 17.3 Å². The zero-order valence-corrected chi connectivity index (χ0v) is 16.1. The van der Waals surface area contributed by atoms with Crippen LogP contribution in [-0.4, -0.2) is 29.8 Å². The summed E-state index contributed by atoms with van der Waals surface area (Å²) < 4.78 is 0.877. The maximum absolute atomic E-state index is 12.6. The van der Waals surface area contributed by atoms with Crippen LogP contribution in [0, 0.1) is 18.8 Å². The monoisotopic (exact) mass is 395 g/mol. The Balaban J connectivity index is 2.06. The van der Waals surface area contributed by atoms with E-state index in [9.17, 15) is 9.59 Å². The second kappa shape index (κ2) is 8.01. The minimum absolute atomic E-state index is 0.00943. The molecule has 0 spiro atoms. The first kappa shape index (κ1) is 18.8. The highest BCUT2D eigenvalue weighted by Gasteiger charge is 2.30. The summed E-state index contributed by atoms with van der Waals surface area (Å²) in [5, 5.41) is 2.93. The van der Waals surface area contributed by atoms with Gasteiger partial charge < -0.3 is 16.0 Å². The average Bonchev–Trinajstić information content (AvgIpc) is 2.57. The van der Waals surface area contributed by atoms with Gasteiger partial charge in [-0.2, -0.15) is 0 Å². The minimum Gasteiger partial charge on any atom is -0.397 e. The third-order valence-electron chi connectivity index (χ3n) is 4.75. The number of nitrogens with zero attached hydrogens (tertiary/aromatic N) is 1. The molecule has 2 atom stereocenters. The summed E-state index contributed by atoms with van der Waals surface area (Å²) in [6.07, 6.45) is 2.47. The van der Waals surface area contributed by atoms with Crippen LogP contribution >= 0.6 is 15.9 Å². The lowest BCUT2D eigenvalue weighted by molar-refractivity contribution is -0.138. The summed E-state index contributed by atoms with van der Waals surface area (Å²) in [6.45, 7) is 7.09. The molecule has 1 aliphatic heterocycles. The van der Waals surface area contributed by atoms with E-state index in [1.54, 1.807) is 0 Å². The molecular formula is C18H26BrN3O2. The number of likely N-dealkylation sites (tertiary alicyclic amines) is 1. The van der Waals surface area contributed by atoms with Crippen LogP contribution in [0.15, 0.2) is 16.6 Å². The van der Waals surface area contributed by atoms with Crippen molar-refractivity contribution in [1.29, 1.82) is 0 Å². The normalized spacial score (nSPS) is 19.0. The summed E-state index contributed by atoms with van der Waals surface area (Å²) in [7, 11) is 0. The topological polar surface area (TPSA) is 75.4 Å². The van der Waals surface area contributed by atoms with Crippen LogP contribution in [0.1, 0.15) is 38.7 Å². The Labute approximate surface area is 152 Å². The van der Waals surface area contributed by atoms with Crippen molar-refractivity contribution < 1.29 is 9.59 Å². The van der Waals surface area contributed by atoms with Gasteiger partial charge in [0.15, 0.2) is 0 Å². The van der Waals surface area contributed by atoms with Gasteiger partial charge in [-0.15, -0.1) is 0 Å². The molecule has 3 N–H and O–H groups in total. The van der Waals surface area contributed by atoms with Crippen molar-refractivity contribution in [2.75, 3.05) is 24.1 Å². The molecule has 1 aliphatic rings. The lowest BCUT2D eigenvalue weighted by Gasteiger charge is -2.33. The van der Waals surface area contributed by atoms with Crippen molar-refractivity contribution in [3.05, 3.63) is 22.2 Å². The lowest BCUT2D eigenvalue weighted by atomic mass is 9.95. The van der Waals surface area contributed by atoms with Gasteiger partial charge >= 0.3 is 0 Å². The summed E-state index contributed by atoms with van der Waals surface area (Å²) in [5.74, 6) is -0.103. The van der Waals surface area contributed by atoms with E-state index in [2.05, 4.69) is 21.2 Å². The first-order chi connectivity index (χ1) is 11.3. The Morgan fingerprint density at radius 1 is 1.46 bits per heavy atom. The molecule has 6 heteroatoms. The molecule has 0 aliphatic carbocycles. The van der Waals surface area contributed by atoms with Crippen LogP contribution in [-0.2, 0) is 9.59 Å². The molecule has 1 saturated heterocycles. The van der Waals surface area contributed by atoms with Gasteiger partial charge in [0.1, 0.15) is 0 Å². The maximum Gasteiger partial charge on any atom is 0.229 e. The number of piperidine rings is 1. The Morgan fingerprint density at radius 3 is 2.83 bits per heavy atom. The Kier molecular flexibility index (Phi) is 6.27. The van der Waals surface area contributed by atoms with Gasteiger partial charge in [0.2, 0.25) is 11.8 Å². The van der Waals surface area contributed by atoms with Crippen LogP contribution in [0.3, 0.4) is 0 Å². The standard InChI is InChI=1S/C18H26BrN3O2/c1-4-11(2)18(24)22-7-5-6-13(10-22)17(23)21-15-9-14(19)8-12(3)16(15)20/h8-9,11,13H,4-7,10,20H2,1-3H3,(H,21,23). The number of halogens is 1. The van der Waals surface area contributed by atoms with Gasteiger partial charge in [-0.25, -0.2) is 0 Å². The van der Waals surface area contributed by atoms with E-state index in [1.165, 1.54) is 0 Å². The molecule has 2 unspecified atom stereocenters. The number of rotatable bonds is 4. The predicted octanol–water partition coefficient (Wildman–Crippen LogP) is 3.56. The van der Waals surface area contributed by atoms with Crippen LogP contribution in [0.25, 0.3) is 0 Å². The Morgan fingerprint density at radius 2 is 2.17 bits per heavy atom. The second-order valence-corrected chi connectivity index (χ2v) is 7.52. The number of hydrogen-bond donors (Lipinski definition) is 2. The van der Waals surface area contributed by atoms with Crippen LogP contribution < -0.4 is 11.1 Å². The number of amides is 2. The number of carbonyl (C=O) groups is 2. The Hall–Kier alpha value is -1.56. The molecule has 5 nitrogen and oxygen atoms in total. The Bertz CT molecular complexity index is 633. The number of aryl methyl sites for hydroxylation is 1.